The Morgan fingerprint density at radius 3 is 3.12 bits per heavy atom. The standard InChI is InChI=1S/C18H19BrClN3O2S/c19-16-14(6-12(21)10-3-4-24-9-10)25-18-13(7-15(20)23-17(16)18)22-8-11-2-1-5-26-11/h1-2,5,7,10,12H,3-4,6,8-9,21H2,(H,22,23)/t10-,12-/m0/s1. The lowest BCUT2D eigenvalue weighted by Crippen LogP contribution is -2.32. The summed E-state index contributed by atoms with van der Waals surface area (Å²) in [5.74, 6) is 1.16. The molecule has 8 heteroatoms. The molecule has 0 aliphatic carbocycles. The maximum absolute atomic E-state index is 6.37. The van der Waals surface area contributed by atoms with Crippen LogP contribution in [0.2, 0.25) is 5.15 Å². The van der Waals surface area contributed by atoms with Crippen molar-refractivity contribution in [1.29, 1.82) is 0 Å². The van der Waals surface area contributed by atoms with Gasteiger partial charge in [0, 0.05) is 36.6 Å². The predicted molar refractivity (Wildman–Crippen MR) is 109 cm³/mol. The van der Waals surface area contributed by atoms with Gasteiger partial charge >= 0.3 is 0 Å². The number of halogens is 2. The fourth-order valence-electron chi connectivity index (χ4n) is 3.18. The van der Waals surface area contributed by atoms with E-state index in [1.165, 1.54) is 4.88 Å². The van der Waals surface area contributed by atoms with Gasteiger partial charge < -0.3 is 20.2 Å². The smallest absolute Gasteiger partial charge is 0.177 e. The molecule has 0 bridgehead atoms. The summed E-state index contributed by atoms with van der Waals surface area (Å²) in [4.78, 5) is 5.66. The summed E-state index contributed by atoms with van der Waals surface area (Å²) in [5.41, 5.74) is 8.62. The second-order valence-electron chi connectivity index (χ2n) is 6.43. The molecule has 0 radical (unpaired) electrons. The maximum atomic E-state index is 6.37. The van der Waals surface area contributed by atoms with E-state index in [1.807, 2.05) is 6.07 Å². The van der Waals surface area contributed by atoms with Crippen LogP contribution in [0.15, 0.2) is 32.5 Å². The number of nitrogens with one attached hydrogen (secondary N) is 1. The molecule has 5 nitrogen and oxygen atoms in total. The van der Waals surface area contributed by atoms with Crippen molar-refractivity contribution in [2.24, 2.45) is 11.7 Å². The highest BCUT2D eigenvalue weighted by Gasteiger charge is 2.26. The minimum atomic E-state index is -0.00707. The Morgan fingerprint density at radius 2 is 2.38 bits per heavy atom. The Hall–Kier alpha value is -1.12. The Balaban J connectivity index is 1.61. The number of furan rings is 1. The zero-order chi connectivity index (χ0) is 18.1. The third-order valence-electron chi connectivity index (χ3n) is 4.64. The zero-order valence-corrected chi connectivity index (χ0v) is 17.2. The highest BCUT2D eigenvalue weighted by atomic mass is 79.9. The second-order valence-corrected chi connectivity index (χ2v) is 8.65. The lowest BCUT2D eigenvalue weighted by atomic mass is 9.96. The summed E-state index contributed by atoms with van der Waals surface area (Å²) in [5, 5.41) is 5.88. The topological polar surface area (TPSA) is 73.3 Å². The number of nitrogens with two attached hydrogens (primary N) is 1. The van der Waals surface area contributed by atoms with Gasteiger partial charge in [-0.15, -0.1) is 11.3 Å². The van der Waals surface area contributed by atoms with Crippen LogP contribution in [0, 0.1) is 5.92 Å². The first-order valence-corrected chi connectivity index (χ1v) is 10.5. The highest BCUT2D eigenvalue weighted by molar-refractivity contribution is 9.10. The van der Waals surface area contributed by atoms with Gasteiger partial charge in [-0.25, -0.2) is 4.98 Å². The predicted octanol–water partition coefficient (Wildman–Crippen LogP) is 4.82. The average molecular weight is 457 g/mol. The molecule has 1 saturated heterocycles. The fourth-order valence-corrected chi connectivity index (χ4v) is 4.53. The SMILES string of the molecule is N[C@@H](Cc1oc2c(NCc3cccs3)cc(Cl)nc2c1Br)[C@H]1CCOC1. The summed E-state index contributed by atoms with van der Waals surface area (Å²) in [6.07, 6.45) is 1.63. The molecule has 0 amide bonds. The molecule has 3 aromatic heterocycles. The largest absolute Gasteiger partial charge is 0.456 e. The van der Waals surface area contributed by atoms with E-state index in [-0.39, 0.29) is 6.04 Å². The zero-order valence-electron chi connectivity index (χ0n) is 14.0. The van der Waals surface area contributed by atoms with Gasteiger partial charge in [0.1, 0.15) is 16.4 Å². The van der Waals surface area contributed by atoms with Gasteiger partial charge in [-0.1, -0.05) is 17.7 Å². The number of pyridine rings is 1. The monoisotopic (exact) mass is 455 g/mol. The van der Waals surface area contributed by atoms with E-state index in [0.29, 0.717) is 29.6 Å². The van der Waals surface area contributed by atoms with Crippen LogP contribution in [0.3, 0.4) is 0 Å². The molecule has 1 fully saturated rings. The molecule has 0 saturated carbocycles. The molecule has 26 heavy (non-hydrogen) atoms. The summed E-state index contributed by atoms with van der Waals surface area (Å²) >= 11 is 11.5. The van der Waals surface area contributed by atoms with Gasteiger partial charge in [0.15, 0.2) is 5.58 Å². The lowest BCUT2D eigenvalue weighted by Gasteiger charge is -2.16. The van der Waals surface area contributed by atoms with Gasteiger partial charge in [0.05, 0.1) is 16.8 Å². The third-order valence-corrected chi connectivity index (χ3v) is 6.53. The van der Waals surface area contributed by atoms with E-state index in [1.54, 1.807) is 17.4 Å². The van der Waals surface area contributed by atoms with Crippen molar-refractivity contribution in [3.8, 4) is 0 Å². The Bertz CT molecular complexity index is 894. The first kappa shape index (κ1) is 18.3. The van der Waals surface area contributed by atoms with E-state index in [0.717, 1.165) is 41.1 Å². The quantitative estimate of drug-likeness (QED) is 0.520. The maximum Gasteiger partial charge on any atom is 0.177 e. The van der Waals surface area contributed by atoms with Crippen LogP contribution in [0.1, 0.15) is 17.1 Å². The molecule has 3 N–H and O–H groups in total. The summed E-state index contributed by atoms with van der Waals surface area (Å²) in [7, 11) is 0. The van der Waals surface area contributed by atoms with Gasteiger partial charge in [-0.3, -0.25) is 0 Å². The molecule has 1 aliphatic rings. The molecule has 2 atom stereocenters. The number of rotatable bonds is 6. The van der Waals surface area contributed by atoms with Gasteiger partial charge in [-0.2, -0.15) is 0 Å². The number of nitrogens with zero attached hydrogens (tertiary/aromatic N) is 1. The van der Waals surface area contributed by atoms with Crippen LogP contribution in [0.5, 0.6) is 0 Å². The average Bonchev–Trinajstić information content (AvgIpc) is 3.36. The second kappa shape index (κ2) is 7.86. The van der Waals surface area contributed by atoms with E-state index >= 15 is 0 Å². The minimum Gasteiger partial charge on any atom is -0.456 e. The highest BCUT2D eigenvalue weighted by Crippen LogP contribution is 2.37. The van der Waals surface area contributed by atoms with Crippen LogP contribution in [-0.4, -0.2) is 24.2 Å². The Kier molecular flexibility index (Phi) is 5.52. The van der Waals surface area contributed by atoms with Crippen LogP contribution in [0.4, 0.5) is 5.69 Å². The van der Waals surface area contributed by atoms with Gasteiger partial charge in [-0.05, 0) is 39.7 Å². The van der Waals surface area contributed by atoms with E-state index in [9.17, 15) is 0 Å². The molecule has 4 rings (SSSR count). The Labute approximate surface area is 169 Å². The fraction of sp³-hybridized carbons (Fsp3) is 0.389. The molecule has 0 unspecified atom stereocenters. The molecule has 0 aromatic carbocycles. The number of hydrogen-bond donors (Lipinski definition) is 2. The van der Waals surface area contributed by atoms with Crippen molar-refractivity contribution < 1.29 is 9.15 Å². The van der Waals surface area contributed by atoms with Gasteiger partial charge in [0.2, 0.25) is 0 Å². The molecular formula is C18H19BrClN3O2S. The molecular weight excluding hydrogens is 438 g/mol. The van der Waals surface area contributed by atoms with Crippen LogP contribution in [0.25, 0.3) is 11.1 Å². The normalized spacial score (nSPS) is 18.5. The number of aromatic nitrogens is 1. The summed E-state index contributed by atoms with van der Waals surface area (Å²) < 4.78 is 12.4. The van der Waals surface area contributed by atoms with Crippen molar-refractivity contribution in [3.05, 3.63) is 43.8 Å². The van der Waals surface area contributed by atoms with Crippen LogP contribution in [-0.2, 0) is 17.7 Å². The van der Waals surface area contributed by atoms with E-state index in [2.05, 4.69) is 37.7 Å². The lowest BCUT2D eigenvalue weighted by molar-refractivity contribution is 0.180. The Morgan fingerprint density at radius 1 is 1.50 bits per heavy atom. The molecule has 3 aromatic rings. The number of fused-ring (bicyclic) bond motifs is 1. The van der Waals surface area contributed by atoms with Crippen LogP contribution < -0.4 is 11.1 Å². The van der Waals surface area contributed by atoms with Crippen molar-refractivity contribution >= 4 is 55.7 Å². The van der Waals surface area contributed by atoms with E-state index in [4.69, 9.17) is 26.5 Å². The number of ether oxygens (including phenoxy) is 1. The van der Waals surface area contributed by atoms with Crippen LogP contribution >= 0.6 is 38.9 Å². The van der Waals surface area contributed by atoms with Crippen molar-refractivity contribution in [2.75, 3.05) is 18.5 Å². The third kappa shape index (κ3) is 3.77. The number of thiophene rings is 1. The minimum absolute atomic E-state index is 0.00707. The number of hydrogen-bond acceptors (Lipinski definition) is 6. The summed E-state index contributed by atoms with van der Waals surface area (Å²) in [6, 6.07) is 5.91. The number of anilines is 1. The molecule has 1 aliphatic heterocycles. The molecule has 0 spiro atoms. The first-order chi connectivity index (χ1) is 12.6. The van der Waals surface area contributed by atoms with E-state index < -0.39 is 0 Å². The van der Waals surface area contributed by atoms with Crippen molar-refractivity contribution in [2.45, 2.75) is 25.4 Å². The van der Waals surface area contributed by atoms with Gasteiger partial charge in [0.25, 0.3) is 0 Å². The molecule has 138 valence electrons. The van der Waals surface area contributed by atoms with Crippen molar-refractivity contribution in [3.63, 3.8) is 0 Å². The first-order valence-electron chi connectivity index (χ1n) is 8.49. The molecule has 4 heterocycles. The summed E-state index contributed by atoms with van der Waals surface area (Å²) in [6.45, 7) is 2.21. The van der Waals surface area contributed by atoms with Crippen molar-refractivity contribution in [1.82, 2.24) is 4.98 Å².